The van der Waals surface area contributed by atoms with Crippen LogP contribution in [0.1, 0.15) is 9.67 Å². The van der Waals surface area contributed by atoms with Crippen LogP contribution in [0.2, 0.25) is 0 Å². The number of benzene rings is 3. The van der Waals surface area contributed by atoms with Crippen molar-refractivity contribution in [3.8, 4) is 11.5 Å². The van der Waals surface area contributed by atoms with Gasteiger partial charge >= 0.3 is 0 Å². The van der Waals surface area contributed by atoms with Gasteiger partial charge in [0.15, 0.2) is 5.58 Å². The van der Waals surface area contributed by atoms with Crippen LogP contribution < -0.4 is 5.32 Å². The Morgan fingerprint density at radius 2 is 1.74 bits per heavy atom. The van der Waals surface area contributed by atoms with Crippen LogP contribution in [0.15, 0.2) is 89.5 Å². The molecule has 0 saturated heterocycles. The van der Waals surface area contributed by atoms with Crippen molar-refractivity contribution in [3.05, 3.63) is 89.9 Å². The topological polar surface area (TPSA) is 68.0 Å². The Kier molecular flexibility index (Phi) is 4.04. The highest BCUT2D eigenvalue weighted by Crippen LogP contribution is 2.40. The second-order valence-corrected chi connectivity index (χ2v) is 8.18. The monoisotopic (exact) mass is 421 g/mol. The zero-order valence-electron chi connectivity index (χ0n) is 16.2. The number of pyridine rings is 1. The van der Waals surface area contributed by atoms with Gasteiger partial charge in [0, 0.05) is 21.7 Å². The molecular formula is C25H15N3O2S. The van der Waals surface area contributed by atoms with Crippen LogP contribution in [0.4, 0.5) is 5.69 Å². The lowest BCUT2D eigenvalue weighted by molar-refractivity contribution is 0.103. The number of anilines is 1. The van der Waals surface area contributed by atoms with Crippen molar-refractivity contribution in [2.75, 3.05) is 5.32 Å². The number of carbonyl (C=O) groups excluding carboxylic acids is 1. The van der Waals surface area contributed by atoms with Crippen LogP contribution in [0.5, 0.6) is 0 Å². The van der Waals surface area contributed by atoms with E-state index in [9.17, 15) is 4.79 Å². The molecule has 31 heavy (non-hydrogen) atoms. The van der Waals surface area contributed by atoms with E-state index < -0.39 is 0 Å². The predicted octanol–water partition coefficient (Wildman–Crippen LogP) is 6.51. The number of amides is 1. The molecule has 3 heterocycles. The third kappa shape index (κ3) is 2.96. The number of nitrogens with zero attached hydrogens (tertiary/aromatic N) is 2. The van der Waals surface area contributed by atoms with E-state index in [1.807, 2.05) is 78.9 Å². The molecule has 0 radical (unpaired) electrons. The standard InChI is InChI=1S/C25H15N3O2S/c29-24(27-18-11-5-7-15-8-6-14-26-22(15)18)23-21(16-9-1-4-13-20(16)31-23)25-28-17-10-2-3-12-19(17)30-25/h1-14H,(H,27,29). The Morgan fingerprint density at radius 1 is 0.903 bits per heavy atom. The Labute approximate surface area is 181 Å². The number of thiophene rings is 1. The number of aromatic nitrogens is 2. The lowest BCUT2D eigenvalue weighted by Crippen LogP contribution is -2.12. The van der Waals surface area contributed by atoms with E-state index in [2.05, 4.69) is 15.3 Å². The maximum absolute atomic E-state index is 13.4. The molecule has 0 spiro atoms. The zero-order chi connectivity index (χ0) is 20.8. The fourth-order valence-electron chi connectivity index (χ4n) is 3.78. The molecule has 0 fully saturated rings. The smallest absolute Gasteiger partial charge is 0.266 e. The van der Waals surface area contributed by atoms with Crippen LogP contribution in [-0.2, 0) is 0 Å². The van der Waals surface area contributed by atoms with E-state index in [1.165, 1.54) is 11.3 Å². The summed E-state index contributed by atoms with van der Waals surface area (Å²) in [4.78, 5) is 23.1. The van der Waals surface area contributed by atoms with E-state index in [1.54, 1.807) is 6.20 Å². The van der Waals surface area contributed by atoms with Gasteiger partial charge in [0.25, 0.3) is 5.91 Å². The average Bonchev–Trinajstić information content (AvgIpc) is 3.40. The van der Waals surface area contributed by atoms with E-state index in [0.717, 1.165) is 26.5 Å². The maximum Gasteiger partial charge on any atom is 0.266 e. The van der Waals surface area contributed by atoms with Crippen molar-refractivity contribution in [1.29, 1.82) is 0 Å². The highest BCUT2D eigenvalue weighted by molar-refractivity contribution is 7.21. The quantitative estimate of drug-likeness (QED) is 0.354. The molecule has 5 nitrogen and oxygen atoms in total. The van der Waals surface area contributed by atoms with Crippen molar-refractivity contribution in [3.63, 3.8) is 0 Å². The molecule has 0 saturated carbocycles. The highest BCUT2D eigenvalue weighted by Gasteiger charge is 2.24. The molecule has 3 aromatic carbocycles. The number of fused-ring (bicyclic) bond motifs is 3. The Bertz CT molecular complexity index is 1560. The van der Waals surface area contributed by atoms with Gasteiger partial charge in [-0.25, -0.2) is 4.98 Å². The summed E-state index contributed by atoms with van der Waals surface area (Å²) in [5, 5.41) is 4.96. The first kappa shape index (κ1) is 17.8. The van der Waals surface area contributed by atoms with E-state index in [4.69, 9.17) is 4.42 Å². The molecule has 6 heteroatoms. The third-order valence-corrected chi connectivity index (χ3v) is 6.36. The van der Waals surface area contributed by atoms with Crippen LogP contribution in [-0.4, -0.2) is 15.9 Å². The van der Waals surface area contributed by atoms with Gasteiger partial charge in [0.1, 0.15) is 10.4 Å². The first-order valence-electron chi connectivity index (χ1n) is 9.80. The van der Waals surface area contributed by atoms with Crippen molar-refractivity contribution in [1.82, 2.24) is 9.97 Å². The van der Waals surface area contributed by atoms with E-state index in [-0.39, 0.29) is 5.91 Å². The molecule has 0 unspecified atom stereocenters. The molecule has 6 aromatic rings. The molecular weight excluding hydrogens is 406 g/mol. The molecule has 0 aliphatic carbocycles. The first-order chi connectivity index (χ1) is 15.3. The Balaban J connectivity index is 1.51. The van der Waals surface area contributed by atoms with Gasteiger partial charge in [0.2, 0.25) is 5.89 Å². The first-order valence-corrected chi connectivity index (χ1v) is 10.6. The number of rotatable bonds is 3. The van der Waals surface area contributed by atoms with Crippen molar-refractivity contribution in [2.24, 2.45) is 0 Å². The molecule has 1 amide bonds. The summed E-state index contributed by atoms with van der Waals surface area (Å²) in [6.07, 6.45) is 1.72. The summed E-state index contributed by atoms with van der Waals surface area (Å²) in [5.74, 6) is 0.233. The zero-order valence-corrected chi connectivity index (χ0v) is 17.0. The molecule has 6 rings (SSSR count). The van der Waals surface area contributed by atoms with Gasteiger partial charge in [0.05, 0.1) is 16.8 Å². The molecule has 1 N–H and O–H groups in total. The molecule has 0 atom stereocenters. The van der Waals surface area contributed by atoms with Crippen LogP contribution in [0.3, 0.4) is 0 Å². The second kappa shape index (κ2) is 7.04. The van der Waals surface area contributed by atoms with Gasteiger partial charge < -0.3 is 9.73 Å². The molecule has 148 valence electrons. The van der Waals surface area contributed by atoms with Gasteiger partial charge in [-0.1, -0.05) is 48.5 Å². The van der Waals surface area contributed by atoms with Crippen molar-refractivity contribution < 1.29 is 9.21 Å². The second-order valence-electron chi connectivity index (χ2n) is 7.12. The summed E-state index contributed by atoms with van der Waals surface area (Å²) in [6.45, 7) is 0. The van der Waals surface area contributed by atoms with Gasteiger partial charge in [-0.05, 0) is 30.3 Å². The van der Waals surface area contributed by atoms with Gasteiger partial charge in [-0.15, -0.1) is 11.3 Å². The number of carbonyl (C=O) groups is 1. The minimum absolute atomic E-state index is 0.211. The van der Waals surface area contributed by atoms with Crippen molar-refractivity contribution >= 4 is 55.0 Å². The Morgan fingerprint density at radius 3 is 2.68 bits per heavy atom. The van der Waals surface area contributed by atoms with Gasteiger partial charge in [-0.3, -0.25) is 9.78 Å². The van der Waals surface area contributed by atoms with Crippen LogP contribution in [0.25, 0.3) is 43.5 Å². The predicted molar refractivity (Wildman–Crippen MR) is 125 cm³/mol. The summed E-state index contributed by atoms with van der Waals surface area (Å²) < 4.78 is 7.04. The highest BCUT2D eigenvalue weighted by atomic mass is 32.1. The summed E-state index contributed by atoms with van der Waals surface area (Å²) >= 11 is 1.43. The molecule has 3 aromatic heterocycles. The lowest BCUT2D eigenvalue weighted by atomic mass is 10.1. The number of oxazole rings is 1. The van der Waals surface area contributed by atoms with Gasteiger partial charge in [-0.2, -0.15) is 0 Å². The number of hydrogen-bond acceptors (Lipinski definition) is 5. The van der Waals surface area contributed by atoms with Crippen molar-refractivity contribution in [2.45, 2.75) is 0 Å². The Hall–Kier alpha value is -4.03. The molecule has 0 aliphatic rings. The lowest BCUT2D eigenvalue weighted by Gasteiger charge is -2.08. The number of hydrogen-bond donors (Lipinski definition) is 1. The van der Waals surface area contributed by atoms with E-state index in [0.29, 0.717) is 27.6 Å². The summed E-state index contributed by atoms with van der Waals surface area (Å²) in [7, 11) is 0. The largest absolute Gasteiger partial charge is 0.436 e. The minimum atomic E-state index is -0.211. The number of nitrogens with one attached hydrogen (secondary N) is 1. The minimum Gasteiger partial charge on any atom is -0.436 e. The summed E-state index contributed by atoms with van der Waals surface area (Å²) in [6, 6.07) is 25.1. The van der Waals surface area contributed by atoms with E-state index >= 15 is 0 Å². The normalized spacial score (nSPS) is 11.4. The van der Waals surface area contributed by atoms with Crippen LogP contribution >= 0.6 is 11.3 Å². The fourth-order valence-corrected chi connectivity index (χ4v) is 4.87. The molecule has 0 aliphatic heterocycles. The average molecular weight is 421 g/mol. The third-order valence-electron chi connectivity index (χ3n) is 5.19. The van der Waals surface area contributed by atoms with Crippen LogP contribution in [0, 0.1) is 0 Å². The molecule has 0 bridgehead atoms. The SMILES string of the molecule is O=C(Nc1cccc2cccnc12)c1sc2ccccc2c1-c1nc2ccccc2o1. The fraction of sp³-hybridized carbons (Fsp3) is 0. The summed E-state index contributed by atoms with van der Waals surface area (Å²) in [5.41, 5.74) is 3.59. The maximum atomic E-state index is 13.4. The number of para-hydroxylation sites is 3.